The number of hydrogen-bond donors (Lipinski definition) is 2. The fourth-order valence-electron chi connectivity index (χ4n) is 4.43. The molecular weight excluding hydrogens is 380 g/mol. The van der Waals surface area contributed by atoms with Gasteiger partial charge in [0, 0.05) is 48.7 Å². The van der Waals surface area contributed by atoms with Gasteiger partial charge in [-0.25, -0.2) is 0 Å². The maximum absolute atomic E-state index is 12.2. The van der Waals surface area contributed by atoms with Gasteiger partial charge in [0.25, 0.3) is 0 Å². The maximum atomic E-state index is 12.2. The number of nitrogens with two attached hydrogens (primary N) is 1. The van der Waals surface area contributed by atoms with Crippen molar-refractivity contribution in [1.82, 2.24) is 0 Å². The molecule has 2 atom stereocenters. The summed E-state index contributed by atoms with van der Waals surface area (Å²) in [6, 6.07) is 13.7. The third kappa shape index (κ3) is 3.98. The van der Waals surface area contributed by atoms with Gasteiger partial charge in [0.15, 0.2) is 0 Å². The number of anilines is 3. The van der Waals surface area contributed by atoms with E-state index in [1.165, 1.54) is 5.69 Å². The van der Waals surface area contributed by atoms with E-state index in [-0.39, 0.29) is 18.0 Å². The molecular formula is C23H28N4O3. The third-order valence-electron chi connectivity index (χ3n) is 5.89. The Bertz CT molecular complexity index is 938. The number of carbonyl (C=O) groups excluding carboxylic acids is 2. The lowest BCUT2D eigenvalue weighted by atomic mass is 9.90. The van der Waals surface area contributed by atoms with Gasteiger partial charge < -0.3 is 25.6 Å². The molecule has 7 heteroatoms. The summed E-state index contributed by atoms with van der Waals surface area (Å²) in [4.78, 5) is 28.1. The molecule has 30 heavy (non-hydrogen) atoms. The highest BCUT2D eigenvalue weighted by atomic mass is 16.5. The number of benzene rings is 2. The predicted octanol–water partition coefficient (Wildman–Crippen LogP) is 2.92. The number of rotatable bonds is 4. The number of morpholine rings is 1. The van der Waals surface area contributed by atoms with Crippen LogP contribution < -0.4 is 20.9 Å². The molecule has 2 aromatic carbocycles. The van der Waals surface area contributed by atoms with Crippen LogP contribution in [0.25, 0.3) is 0 Å². The van der Waals surface area contributed by atoms with Crippen LogP contribution in [0.4, 0.5) is 17.1 Å². The van der Waals surface area contributed by atoms with E-state index in [9.17, 15) is 9.59 Å². The van der Waals surface area contributed by atoms with E-state index in [1.807, 2.05) is 13.0 Å². The Morgan fingerprint density at radius 1 is 1.10 bits per heavy atom. The van der Waals surface area contributed by atoms with E-state index in [4.69, 9.17) is 10.5 Å². The quantitative estimate of drug-likeness (QED) is 0.812. The number of ether oxygens (including phenoxy) is 1. The van der Waals surface area contributed by atoms with Crippen LogP contribution >= 0.6 is 0 Å². The predicted molar refractivity (Wildman–Crippen MR) is 118 cm³/mol. The highest BCUT2D eigenvalue weighted by molar-refractivity contribution is 5.97. The van der Waals surface area contributed by atoms with Gasteiger partial charge in [-0.3, -0.25) is 9.59 Å². The number of amides is 2. The smallest absolute Gasteiger partial charge is 0.248 e. The normalized spacial score (nSPS) is 21.1. The molecule has 0 aliphatic carbocycles. The van der Waals surface area contributed by atoms with Crippen molar-refractivity contribution in [1.29, 1.82) is 0 Å². The van der Waals surface area contributed by atoms with Crippen molar-refractivity contribution in [3.8, 4) is 0 Å². The lowest BCUT2D eigenvalue weighted by Crippen LogP contribution is -2.43. The Hall–Kier alpha value is -3.06. The summed E-state index contributed by atoms with van der Waals surface area (Å²) in [5, 5.41) is 3.59. The van der Waals surface area contributed by atoms with Gasteiger partial charge in [0.2, 0.25) is 11.8 Å². The Labute approximate surface area is 176 Å². The molecule has 0 spiro atoms. The molecule has 0 aromatic heterocycles. The number of nitrogens with one attached hydrogen (secondary N) is 1. The largest absolute Gasteiger partial charge is 0.378 e. The monoisotopic (exact) mass is 408 g/mol. The van der Waals surface area contributed by atoms with Crippen molar-refractivity contribution in [2.75, 3.05) is 41.4 Å². The summed E-state index contributed by atoms with van der Waals surface area (Å²) in [6.07, 6.45) is 0.736. The Kier molecular flexibility index (Phi) is 5.63. The van der Waals surface area contributed by atoms with Crippen LogP contribution in [0.15, 0.2) is 42.5 Å². The molecule has 2 heterocycles. The number of fused-ring (bicyclic) bond motifs is 1. The molecule has 1 fully saturated rings. The molecule has 3 N–H and O–H groups in total. The molecule has 0 bridgehead atoms. The second-order valence-corrected chi connectivity index (χ2v) is 7.95. The summed E-state index contributed by atoms with van der Waals surface area (Å²) < 4.78 is 5.43. The number of carbonyl (C=O) groups is 2. The molecule has 1 saturated heterocycles. The molecule has 2 aliphatic rings. The van der Waals surface area contributed by atoms with E-state index in [2.05, 4.69) is 34.5 Å². The summed E-state index contributed by atoms with van der Waals surface area (Å²) in [7, 11) is 0. The molecule has 0 radical (unpaired) electrons. The van der Waals surface area contributed by atoms with Crippen LogP contribution in [0.1, 0.15) is 42.2 Å². The topological polar surface area (TPSA) is 87.9 Å². The zero-order valence-corrected chi connectivity index (χ0v) is 17.4. The average molecular weight is 409 g/mol. The fourth-order valence-corrected chi connectivity index (χ4v) is 4.43. The molecule has 7 nitrogen and oxygen atoms in total. The Morgan fingerprint density at radius 3 is 2.43 bits per heavy atom. The first kappa shape index (κ1) is 20.2. The SMILES string of the molecule is CC(=O)N1c2ccc(C(N)=O)cc2C(Nc2ccc(N3CCOCC3)cc2)CC1C. The van der Waals surface area contributed by atoms with Crippen molar-refractivity contribution >= 4 is 28.9 Å². The van der Waals surface area contributed by atoms with Crippen molar-refractivity contribution in [3.05, 3.63) is 53.6 Å². The lowest BCUT2D eigenvalue weighted by molar-refractivity contribution is -0.117. The van der Waals surface area contributed by atoms with Crippen LogP contribution in [0, 0.1) is 0 Å². The minimum atomic E-state index is -0.473. The van der Waals surface area contributed by atoms with Gasteiger partial charge in [-0.2, -0.15) is 0 Å². The van der Waals surface area contributed by atoms with Gasteiger partial charge in [-0.15, -0.1) is 0 Å². The average Bonchev–Trinajstić information content (AvgIpc) is 2.74. The minimum absolute atomic E-state index is 0.0103. The van der Waals surface area contributed by atoms with Crippen molar-refractivity contribution in [2.45, 2.75) is 32.4 Å². The highest BCUT2D eigenvalue weighted by Crippen LogP contribution is 2.39. The standard InChI is InChI=1S/C23H28N4O3/c1-15-13-21(20-14-17(23(24)29)3-8-22(20)27(15)16(2)28)25-18-4-6-19(7-5-18)26-9-11-30-12-10-26/h3-8,14-15,21,25H,9-13H2,1-2H3,(H2,24,29). The molecule has 158 valence electrons. The van der Waals surface area contributed by atoms with E-state index in [0.29, 0.717) is 5.56 Å². The van der Waals surface area contributed by atoms with Gasteiger partial charge in [-0.05, 0) is 61.4 Å². The van der Waals surface area contributed by atoms with E-state index in [1.54, 1.807) is 24.0 Å². The summed E-state index contributed by atoms with van der Waals surface area (Å²) in [6.45, 7) is 6.92. The number of nitrogens with zero attached hydrogens (tertiary/aromatic N) is 2. The first-order valence-electron chi connectivity index (χ1n) is 10.4. The Morgan fingerprint density at radius 2 is 1.80 bits per heavy atom. The fraction of sp³-hybridized carbons (Fsp3) is 0.391. The lowest BCUT2D eigenvalue weighted by Gasteiger charge is -2.39. The first-order chi connectivity index (χ1) is 14.4. The zero-order valence-electron chi connectivity index (χ0n) is 17.4. The number of primary amides is 1. The second-order valence-electron chi connectivity index (χ2n) is 7.95. The van der Waals surface area contributed by atoms with Crippen LogP contribution in [0.2, 0.25) is 0 Å². The molecule has 2 aromatic rings. The van der Waals surface area contributed by atoms with Gasteiger partial charge in [-0.1, -0.05) is 0 Å². The second kappa shape index (κ2) is 8.36. The molecule has 0 saturated carbocycles. The Balaban J connectivity index is 1.60. The van der Waals surface area contributed by atoms with Gasteiger partial charge >= 0.3 is 0 Å². The van der Waals surface area contributed by atoms with Gasteiger partial charge in [0.05, 0.1) is 19.3 Å². The maximum Gasteiger partial charge on any atom is 0.248 e. The molecule has 2 unspecified atom stereocenters. The first-order valence-corrected chi connectivity index (χ1v) is 10.4. The molecule has 4 rings (SSSR count). The van der Waals surface area contributed by atoms with Crippen molar-refractivity contribution in [2.24, 2.45) is 5.73 Å². The summed E-state index contributed by atoms with van der Waals surface area (Å²) in [5.74, 6) is -0.483. The number of hydrogen-bond acceptors (Lipinski definition) is 5. The molecule has 2 amide bonds. The van der Waals surface area contributed by atoms with E-state index < -0.39 is 5.91 Å². The third-order valence-corrected chi connectivity index (χ3v) is 5.89. The molecule has 2 aliphatic heterocycles. The van der Waals surface area contributed by atoms with Crippen molar-refractivity contribution in [3.63, 3.8) is 0 Å². The van der Waals surface area contributed by atoms with Gasteiger partial charge in [0.1, 0.15) is 0 Å². The summed E-state index contributed by atoms with van der Waals surface area (Å²) in [5.41, 5.74) is 9.86. The van der Waals surface area contributed by atoms with Crippen LogP contribution in [0.3, 0.4) is 0 Å². The van der Waals surface area contributed by atoms with E-state index in [0.717, 1.165) is 49.7 Å². The minimum Gasteiger partial charge on any atom is -0.378 e. The highest BCUT2D eigenvalue weighted by Gasteiger charge is 2.32. The van der Waals surface area contributed by atoms with Crippen LogP contribution in [-0.4, -0.2) is 44.2 Å². The van der Waals surface area contributed by atoms with Crippen LogP contribution in [-0.2, 0) is 9.53 Å². The van der Waals surface area contributed by atoms with Crippen molar-refractivity contribution < 1.29 is 14.3 Å². The zero-order chi connectivity index (χ0) is 21.3. The van der Waals surface area contributed by atoms with Crippen LogP contribution in [0.5, 0.6) is 0 Å². The summed E-state index contributed by atoms with van der Waals surface area (Å²) >= 11 is 0. The van der Waals surface area contributed by atoms with E-state index >= 15 is 0 Å².